The van der Waals surface area contributed by atoms with Gasteiger partial charge >= 0.3 is 0 Å². The first-order valence-electron chi connectivity index (χ1n) is 9.51. The molecular formula is C20H29N3O4. The van der Waals surface area contributed by atoms with Gasteiger partial charge in [-0.05, 0) is 55.5 Å². The molecule has 0 bridgehead atoms. The van der Waals surface area contributed by atoms with E-state index in [9.17, 15) is 14.7 Å². The highest BCUT2D eigenvalue weighted by Gasteiger charge is 2.42. The molecule has 3 rings (SSSR count). The fourth-order valence-corrected chi connectivity index (χ4v) is 4.24. The molecule has 0 aliphatic carbocycles. The van der Waals surface area contributed by atoms with Crippen LogP contribution in [0.4, 0.5) is 0 Å². The maximum Gasteiger partial charge on any atom is 0.255 e. The molecule has 148 valence electrons. The smallest absolute Gasteiger partial charge is 0.255 e. The summed E-state index contributed by atoms with van der Waals surface area (Å²) in [6, 6.07) is 7.71. The summed E-state index contributed by atoms with van der Waals surface area (Å²) in [7, 11) is 0. The van der Waals surface area contributed by atoms with Gasteiger partial charge in [-0.25, -0.2) is 0 Å². The second kappa shape index (κ2) is 8.27. The van der Waals surface area contributed by atoms with Crippen LogP contribution in [0.5, 0.6) is 5.75 Å². The van der Waals surface area contributed by atoms with Crippen LogP contribution in [0.15, 0.2) is 24.3 Å². The zero-order valence-corrected chi connectivity index (χ0v) is 15.9. The number of nitrogens with two attached hydrogens (primary N) is 1. The number of nitrogens with zero attached hydrogens (tertiary/aromatic N) is 2. The molecule has 0 aromatic heterocycles. The molecule has 27 heavy (non-hydrogen) atoms. The Bertz CT molecular complexity index is 668. The molecule has 0 radical (unpaired) electrons. The van der Waals surface area contributed by atoms with E-state index in [1.807, 2.05) is 24.3 Å². The van der Waals surface area contributed by atoms with E-state index in [1.54, 1.807) is 11.8 Å². The number of aliphatic hydroxyl groups is 1. The minimum atomic E-state index is -0.488. The third-order valence-electron chi connectivity index (χ3n) is 5.70. The van der Waals surface area contributed by atoms with Gasteiger partial charge in [0.05, 0.1) is 6.10 Å². The molecule has 2 amide bonds. The van der Waals surface area contributed by atoms with Crippen molar-refractivity contribution in [3.63, 3.8) is 0 Å². The highest BCUT2D eigenvalue weighted by Crippen LogP contribution is 2.40. The Kier molecular flexibility index (Phi) is 6.01. The lowest BCUT2D eigenvalue weighted by Gasteiger charge is -2.49. The molecule has 7 nitrogen and oxygen atoms in total. The Morgan fingerprint density at radius 3 is 2.52 bits per heavy atom. The lowest BCUT2D eigenvalue weighted by atomic mass is 9.71. The number of likely N-dealkylation sites (tertiary alicyclic amines) is 2. The Hall–Kier alpha value is -2.12. The molecule has 2 aliphatic rings. The van der Waals surface area contributed by atoms with Gasteiger partial charge in [0, 0.05) is 26.6 Å². The summed E-state index contributed by atoms with van der Waals surface area (Å²) < 4.78 is 5.28. The molecule has 3 N–H and O–H groups in total. The van der Waals surface area contributed by atoms with Crippen molar-refractivity contribution in [3.8, 4) is 5.75 Å². The predicted octanol–water partition coefficient (Wildman–Crippen LogP) is 0.746. The molecule has 2 saturated heterocycles. The van der Waals surface area contributed by atoms with E-state index >= 15 is 0 Å². The second-order valence-electron chi connectivity index (χ2n) is 7.93. The number of carbonyl (C=O) groups excluding carboxylic acids is 2. The third kappa shape index (κ3) is 5.20. The van der Waals surface area contributed by atoms with E-state index in [0.29, 0.717) is 12.3 Å². The van der Waals surface area contributed by atoms with Gasteiger partial charge in [0.1, 0.15) is 5.75 Å². The first kappa shape index (κ1) is 19.6. The van der Waals surface area contributed by atoms with E-state index < -0.39 is 12.0 Å². The average Bonchev–Trinajstić information content (AvgIpc) is 2.62. The van der Waals surface area contributed by atoms with Crippen LogP contribution in [0.3, 0.4) is 0 Å². The molecule has 1 unspecified atom stereocenters. The van der Waals surface area contributed by atoms with Crippen molar-refractivity contribution in [2.24, 2.45) is 11.1 Å². The van der Waals surface area contributed by atoms with E-state index in [0.717, 1.165) is 45.4 Å². The van der Waals surface area contributed by atoms with Crippen LogP contribution >= 0.6 is 0 Å². The van der Waals surface area contributed by atoms with Gasteiger partial charge in [-0.3, -0.25) is 14.5 Å². The zero-order chi connectivity index (χ0) is 19.4. The van der Waals surface area contributed by atoms with Gasteiger partial charge in [-0.1, -0.05) is 12.1 Å². The number of aliphatic hydroxyl groups excluding tert-OH is 1. The first-order valence-corrected chi connectivity index (χ1v) is 9.51. The summed E-state index contributed by atoms with van der Waals surface area (Å²) in [5.74, 6) is 0.197. The van der Waals surface area contributed by atoms with E-state index in [2.05, 4.69) is 4.90 Å². The number of primary amides is 1. The summed E-state index contributed by atoms with van der Waals surface area (Å²) in [4.78, 5) is 26.7. The summed E-state index contributed by atoms with van der Waals surface area (Å²) in [5.41, 5.74) is 6.31. The zero-order valence-electron chi connectivity index (χ0n) is 15.9. The van der Waals surface area contributed by atoms with Crippen molar-refractivity contribution in [1.82, 2.24) is 9.80 Å². The molecule has 1 aromatic rings. The molecule has 1 aromatic carbocycles. The summed E-state index contributed by atoms with van der Waals surface area (Å²) in [5, 5.41) is 10.2. The average molecular weight is 375 g/mol. The van der Waals surface area contributed by atoms with E-state index in [4.69, 9.17) is 10.5 Å². The van der Waals surface area contributed by atoms with E-state index in [1.165, 1.54) is 5.56 Å². The first-order chi connectivity index (χ1) is 12.8. The van der Waals surface area contributed by atoms with Crippen molar-refractivity contribution in [2.45, 2.75) is 38.8 Å². The molecule has 0 saturated carbocycles. The fraction of sp³-hybridized carbons (Fsp3) is 0.600. The molecule has 2 fully saturated rings. The Balaban J connectivity index is 1.52. The standard InChI is InChI=1S/C20H29N3O4/c1-15(24)23-12-17(25)10-20(14-23)6-8-22(9-7-20)11-16-2-4-18(5-3-16)27-13-19(21)26/h2-5,17,25H,6-14H2,1H3,(H2,21,26). The molecule has 2 aliphatic heterocycles. The number of rotatable bonds is 5. The quantitative estimate of drug-likeness (QED) is 0.792. The predicted molar refractivity (Wildman–Crippen MR) is 101 cm³/mol. The molecular weight excluding hydrogens is 346 g/mol. The summed E-state index contributed by atoms with van der Waals surface area (Å²) >= 11 is 0. The number of benzene rings is 1. The topological polar surface area (TPSA) is 96.1 Å². The highest BCUT2D eigenvalue weighted by atomic mass is 16.5. The van der Waals surface area contributed by atoms with E-state index in [-0.39, 0.29) is 17.9 Å². The van der Waals surface area contributed by atoms with Crippen LogP contribution < -0.4 is 10.5 Å². The van der Waals surface area contributed by atoms with Crippen LogP contribution in [0.1, 0.15) is 31.7 Å². The maximum absolute atomic E-state index is 11.8. The van der Waals surface area contributed by atoms with Gasteiger partial charge in [0.2, 0.25) is 5.91 Å². The third-order valence-corrected chi connectivity index (χ3v) is 5.70. The molecule has 1 atom stereocenters. The van der Waals surface area contributed by atoms with Crippen molar-refractivity contribution in [3.05, 3.63) is 29.8 Å². The van der Waals surface area contributed by atoms with Crippen LogP contribution in [0.25, 0.3) is 0 Å². The SMILES string of the molecule is CC(=O)N1CC(O)CC2(CCN(Cc3ccc(OCC(N)=O)cc3)CC2)C1. The molecule has 7 heteroatoms. The minimum absolute atomic E-state index is 0.0479. The Labute approximate surface area is 160 Å². The summed E-state index contributed by atoms with van der Waals surface area (Å²) in [6.07, 6.45) is 2.36. The molecule has 1 spiro atoms. The molecule has 2 heterocycles. The van der Waals surface area contributed by atoms with Crippen LogP contribution in [0.2, 0.25) is 0 Å². The van der Waals surface area contributed by atoms with Gasteiger partial charge in [-0.15, -0.1) is 0 Å². The Morgan fingerprint density at radius 2 is 1.93 bits per heavy atom. The number of hydrogen-bond donors (Lipinski definition) is 2. The van der Waals surface area contributed by atoms with Crippen molar-refractivity contribution in [2.75, 3.05) is 32.8 Å². The van der Waals surface area contributed by atoms with Crippen LogP contribution in [-0.2, 0) is 16.1 Å². The second-order valence-corrected chi connectivity index (χ2v) is 7.93. The highest BCUT2D eigenvalue weighted by molar-refractivity contribution is 5.75. The number of piperidine rings is 2. The lowest BCUT2D eigenvalue weighted by Crippen LogP contribution is -2.54. The van der Waals surface area contributed by atoms with Crippen LogP contribution in [0, 0.1) is 5.41 Å². The van der Waals surface area contributed by atoms with Crippen molar-refractivity contribution >= 4 is 11.8 Å². The van der Waals surface area contributed by atoms with Crippen molar-refractivity contribution in [1.29, 1.82) is 0 Å². The van der Waals surface area contributed by atoms with Crippen LogP contribution in [-0.4, -0.2) is 65.6 Å². The largest absolute Gasteiger partial charge is 0.484 e. The van der Waals surface area contributed by atoms with Gasteiger partial charge in [0.15, 0.2) is 6.61 Å². The number of hydrogen-bond acceptors (Lipinski definition) is 5. The monoisotopic (exact) mass is 375 g/mol. The van der Waals surface area contributed by atoms with Gasteiger partial charge in [0.25, 0.3) is 5.91 Å². The maximum atomic E-state index is 11.8. The number of carbonyl (C=O) groups is 2. The lowest BCUT2D eigenvalue weighted by molar-refractivity contribution is -0.138. The van der Waals surface area contributed by atoms with Crippen molar-refractivity contribution < 1.29 is 19.4 Å². The number of ether oxygens (including phenoxy) is 1. The number of amides is 2. The van der Waals surface area contributed by atoms with Gasteiger partial charge < -0.3 is 20.5 Å². The fourth-order valence-electron chi connectivity index (χ4n) is 4.24. The summed E-state index contributed by atoms with van der Waals surface area (Å²) in [6.45, 7) is 5.46. The normalized spacial score (nSPS) is 22.6. The van der Waals surface area contributed by atoms with Gasteiger partial charge in [-0.2, -0.15) is 0 Å². The number of β-amino-alcohol motifs (C(OH)–C–C–N with tert-alkyl or cyclic N) is 1. The Morgan fingerprint density at radius 1 is 1.26 bits per heavy atom. The minimum Gasteiger partial charge on any atom is -0.484 e.